The Morgan fingerprint density at radius 3 is 2.12 bits per heavy atom. The number of nitrogens with zero attached hydrogens (tertiary/aromatic N) is 2. The summed E-state index contributed by atoms with van der Waals surface area (Å²) >= 11 is 0. The molecule has 3 aromatic rings. The molecule has 266 valence electrons. The molecule has 17 heteroatoms. The van der Waals surface area contributed by atoms with Crippen LogP contribution in [0.3, 0.4) is 0 Å². The molecule has 0 saturated carbocycles. The normalized spacial score (nSPS) is 19.8. The Balaban J connectivity index is 1.13. The van der Waals surface area contributed by atoms with E-state index >= 15 is 0 Å². The Morgan fingerprint density at radius 2 is 1.48 bits per heavy atom. The molecule has 52 heavy (non-hydrogen) atoms. The van der Waals surface area contributed by atoms with Crippen LogP contribution >= 0.6 is 0 Å². The third-order valence-electron chi connectivity index (χ3n) is 9.69. The van der Waals surface area contributed by atoms with Crippen molar-refractivity contribution in [3.05, 3.63) is 94.0 Å². The van der Waals surface area contributed by atoms with Crippen LogP contribution in [0.15, 0.2) is 60.7 Å². The zero-order chi connectivity index (χ0) is 36.7. The van der Waals surface area contributed by atoms with Gasteiger partial charge in [-0.15, -0.1) is 5.06 Å². The highest BCUT2D eigenvalue weighted by Gasteiger charge is 2.42. The molecule has 4 aliphatic rings. The number of benzene rings is 3. The molecule has 0 radical (unpaired) electrons. The molecule has 0 unspecified atom stereocenters. The van der Waals surface area contributed by atoms with E-state index in [4.69, 9.17) is 14.1 Å². The minimum absolute atomic E-state index is 0.0124. The number of imide groups is 1. The van der Waals surface area contributed by atoms with Gasteiger partial charge in [-0.2, -0.15) is 0 Å². The van der Waals surface area contributed by atoms with Crippen molar-refractivity contribution in [2.75, 3.05) is 6.54 Å². The SMILES string of the molecule is Cc1ccc([C@H](CC(=O)ON2C(=O)CCC2=O)NC(=O)[C@@H]2C[C@@H](NC(=O)c3ccc4c(c3)B(O)OC4)CN2C(=O)c2ccc3c(c2)B(O)OC3)cc1. The van der Waals surface area contributed by atoms with E-state index < -0.39 is 74.3 Å². The second-order valence-electron chi connectivity index (χ2n) is 13.3. The van der Waals surface area contributed by atoms with Crippen molar-refractivity contribution in [1.82, 2.24) is 20.6 Å². The number of hydrogen-bond donors (Lipinski definition) is 4. The van der Waals surface area contributed by atoms with Gasteiger partial charge in [-0.3, -0.25) is 24.0 Å². The molecule has 4 heterocycles. The molecular weight excluding hydrogens is 674 g/mol. The zero-order valence-electron chi connectivity index (χ0n) is 28.1. The summed E-state index contributed by atoms with van der Waals surface area (Å²) in [5, 5.41) is 26.6. The van der Waals surface area contributed by atoms with Gasteiger partial charge >= 0.3 is 20.2 Å². The first-order valence-electron chi connectivity index (χ1n) is 16.9. The Labute approximate surface area is 298 Å². The van der Waals surface area contributed by atoms with Gasteiger partial charge in [-0.1, -0.05) is 42.0 Å². The van der Waals surface area contributed by atoms with Crippen LogP contribution < -0.4 is 21.6 Å². The molecule has 2 fully saturated rings. The predicted octanol–water partition coefficient (Wildman–Crippen LogP) is -0.702. The van der Waals surface area contributed by atoms with E-state index in [2.05, 4.69) is 10.6 Å². The summed E-state index contributed by atoms with van der Waals surface area (Å²) in [5.41, 5.74) is 4.31. The molecule has 7 rings (SSSR count). The minimum Gasteiger partial charge on any atom is -0.423 e. The molecule has 3 aromatic carbocycles. The number of nitrogens with one attached hydrogen (secondary N) is 2. The van der Waals surface area contributed by atoms with Crippen LogP contribution in [-0.4, -0.2) is 88.4 Å². The number of fused-ring (bicyclic) bond motifs is 2. The van der Waals surface area contributed by atoms with Crippen molar-refractivity contribution in [3.63, 3.8) is 0 Å². The van der Waals surface area contributed by atoms with E-state index in [1.54, 1.807) is 48.5 Å². The molecule has 0 bridgehead atoms. The van der Waals surface area contributed by atoms with Gasteiger partial charge in [0.2, 0.25) is 5.91 Å². The van der Waals surface area contributed by atoms with Gasteiger partial charge in [-0.25, -0.2) is 4.79 Å². The Bertz CT molecular complexity index is 1960. The molecule has 15 nitrogen and oxygen atoms in total. The lowest BCUT2D eigenvalue weighted by Crippen LogP contribution is -2.47. The minimum atomic E-state index is -1.20. The fourth-order valence-corrected chi connectivity index (χ4v) is 6.83. The molecular formula is C35H34B2N4O11. The van der Waals surface area contributed by atoms with Gasteiger partial charge in [-0.05, 0) is 65.2 Å². The van der Waals surface area contributed by atoms with Gasteiger partial charge in [0.15, 0.2) is 0 Å². The fourth-order valence-electron chi connectivity index (χ4n) is 6.83. The summed E-state index contributed by atoms with van der Waals surface area (Å²) in [5.74, 6) is -3.85. The number of likely N-dealkylation sites (tertiary alicyclic amines) is 1. The molecule has 4 aliphatic heterocycles. The first-order valence-corrected chi connectivity index (χ1v) is 16.9. The van der Waals surface area contributed by atoms with Gasteiger partial charge in [0, 0.05) is 36.6 Å². The fraction of sp³-hybridized carbons (Fsp3) is 0.314. The molecule has 2 saturated heterocycles. The van der Waals surface area contributed by atoms with Crippen LogP contribution in [0.5, 0.6) is 0 Å². The zero-order valence-corrected chi connectivity index (χ0v) is 28.1. The first kappa shape index (κ1) is 35.1. The lowest BCUT2D eigenvalue weighted by molar-refractivity contribution is -0.197. The van der Waals surface area contributed by atoms with Gasteiger partial charge in [0.25, 0.3) is 23.6 Å². The Kier molecular flexibility index (Phi) is 9.67. The highest BCUT2D eigenvalue weighted by Crippen LogP contribution is 2.26. The van der Waals surface area contributed by atoms with Crippen molar-refractivity contribution in [1.29, 1.82) is 0 Å². The number of carbonyl (C=O) groups is 6. The van der Waals surface area contributed by atoms with Crippen LogP contribution in [0.25, 0.3) is 0 Å². The van der Waals surface area contributed by atoms with Gasteiger partial charge < -0.3 is 39.7 Å². The highest BCUT2D eigenvalue weighted by atomic mass is 16.7. The summed E-state index contributed by atoms with van der Waals surface area (Å²) in [4.78, 5) is 85.3. The van der Waals surface area contributed by atoms with Gasteiger partial charge in [0.1, 0.15) is 6.04 Å². The van der Waals surface area contributed by atoms with Crippen molar-refractivity contribution in [3.8, 4) is 0 Å². The van der Waals surface area contributed by atoms with Crippen LogP contribution in [0.4, 0.5) is 0 Å². The monoisotopic (exact) mass is 708 g/mol. The van der Waals surface area contributed by atoms with Crippen LogP contribution in [-0.2, 0) is 46.5 Å². The maximum absolute atomic E-state index is 14.2. The molecule has 3 atom stereocenters. The van der Waals surface area contributed by atoms with E-state index in [1.807, 2.05) is 6.92 Å². The van der Waals surface area contributed by atoms with Crippen molar-refractivity contribution in [2.24, 2.45) is 0 Å². The molecule has 0 aliphatic carbocycles. The van der Waals surface area contributed by atoms with Crippen molar-refractivity contribution >= 4 is 60.7 Å². The Morgan fingerprint density at radius 1 is 0.885 bits per heavy atom. The average Bonchev–Trinajstić information content (AvgIpc) is 3.91. The number of carbonyl (C=O) groups excluding carboxylic acids is 6. The number of amides is 5. The number of aryl methyl sites for hydroxylation is 1. The topological polar surface area (TPSA) is 201 Å². The smallest absolute Gasteiger partial charge is 0.423 e. The lowest BCUT2D eigenvalue weighted by atomic mass is 9.78. The first-order chi connectivity index (χ1) is 24.9. The van der Waals surface area contributed by atoms with Crippen LogP contribution in [0.2, 0.25) is 0 Å². The largest absolute Gasteiger partial charge is 0.491 e. The lowest BCUT2D eigenvalue weighted by Gasteiger charge is -2.27. The second-order valence-corrected chi connectivity index (χ2v) is 13.3. The summed E-state index contributed by atoms with van der Waals surface area (Å²) in [6.45, 7) is 2.22. The standard InChI is InChI=1S/C35H34B2N4O11/c1-19-2-4-20(5-3-19)28(15-32(44)52-41-30(42)10-11-31(41)43)39-34(46)29-14-25(38-33(45)21-6-8-23-17-50-36(48)26(23)12-21)16-40(29)35(47)22-7-9-24-18-51-37(49)27(24)13-22/h2-9,12-13,25,28-29,48-49H,10-11,14-18H2,1H3,(H,38,45)(H,39,46)/t25-,28+,29+/m1/s1. The van der Waals surface area contributed by atoms with Crippen LogP contribution in [0, 0.1) is 6.92 Å². The van der Waals surface area contributed by atoms with E-state index in [0.29, 0.717) is 21.6 Å². The molecule has 5 amide bonds. The summed E-state index contributed by atoms with van der Waals surface area (Å²) in [6.07, 6.45) is -0.582. The summed E-state index contributed by atoms with van der Waals surface area (Å²) in [7, 11) is -2.35. The third kappa shape index (κ3) is 7.08. The third-order valence-corrected chi connectivity index (χ3v) is 9.69. The van der Waals surface area contributed by atoms with E-state index in [1.165, 1.54) is 17.0 Å². The highest BCUT2D eigenvalue weighted by molar-refractivity contribution is 6.62. The maximum Gasteiger partial charge on any atom is 0.491 e. The van der Waals surface area contributed by atoms with E-state index in [0.717, 1.165) is 16.7 Å². The quantitative estimate of drug-likeness (QED) is 0.162. The van der Waals surface area contributed by atoms with Gasteiger partial charge in [0.05, 0.1) is 25.7 Å². The van der Waals surface area contributed by atoms with Crippen LogP contribution in [0.1, 0.15) is 74.7 Å². The number of hydrogen-bond acceptors (Lipinski definition) is 11. The van der Waals surface area contributed by atoms with Crippen molar-refractivity contribution in [2.45, 2.75) is 63.9 Å². The molecule has 0 aromatic heterocycles. The number of hydroxylamine groups is 2. The van der Waals surface area contributed by atoms with E-state index in [9.17, 15) is 38.8 Å². The predicted molar refractivity (Wildman–Crippen MR) is 182 cm³/mol. The van der Waals surface area contributed by atoms with Crippen molar-refractivity contribution < 1.29 is 53.0 Å². The molecule has 0 spiro atoms. The Hall–Kier alpha value is -5.35. The maximum atomic E-state index is 14.2. The summed E-state index contributed by atoms with van der Waals surface area (Å²) < 4.78 is 10.5. The second kappa shape index (κ2) is 14.3. The number of rotatable bonds is 9. The average molecular weight is 708 g/mol. The molecule has 4 N–H and O–H groups in total. The summed E-state index contributed by atoms with van der Waals surface area (Å²) in [6, 6.07) is 13.8. The van der Waals surface area contributed by atoms with E-state index in [-0.39, 0.29) is 50.1 Å².